The maximum atomic E-state index is 13.6. The van der Waals surface area contributed by atoms with Crippen molar-refractivity contribution < 1.29 is 35.9 Å². The summed E-state index contributed by atoms with van der Waals surface area (Å²) < 4.78 is 73.4. The number of nitrogens with one attached hydrogen (secondary N) is 2. The van der Waals surface area contributed by atoms with Gasteiger partial charge < -0.3 is 10.1 Å². The van der Waals surface area contributed by atoms with Crippen LogP contribution in [0.15, 0.2) is 47.4 Å². The molecule has 1 heterocycles. The molecule has 1 amide bonds. The highest BCUT2D eigenvalue weighted by Gasteiger charge is 2.36. The number of fused-ring (bicyclic) bond motifs is 1. The van der Waals surface area contributed by atoms with Gasteiger partial charge in [0.1, 0.15) is 11.4 Å². The van der Waals surface area contributed by atoms with Crippen molar-refractivity contribution in [3.8, 4) is 0 Å². The zero-order valence-corrected chi connectivity index (χ0v) is 21.8. The lowest BCUT2D eigenvalue weighted by Gasteiger charge is -2.36. The van der Waals surface area contributed by atoms with Crippen molar-refractivity contribution in [1.29, 1.82) is 0 Å². The van der Waals surface area contributed by atoms with E-state index in [0.717, 1.165) is 22.5 Å². The van der Waals surface area contributed by atoms with Crippen LogP contribution in [0, 0.1) is 0 Å². The molecule has 2 aromatic rings. The molecule has 2 N–H and O–H groups in total. The molecule has 2 aromatic carbocycles. The molecular weight excluding hydrogens is 511 g/mol. The molecular formula is C25H30F3N3O5S. The Labute approximate surface area is 214 Å². The lowest BCUT2D eigenvalue weighted by atomic mass is 10.0. The molecule has 0 unspecified atom stereocenters. The number of alkyl halides is 3. The molecule has 1 aliphatic heterocycles. The predicted octanol–water partition coefficient (Wildman–Crippen LogP) is 5.80. The van der Waals surface area contributed by atoms with Crippen LogP contribution < -0.4 is 14.9 Å². The van der Waals surface area contributed by atoms with Gasteiger partial charge in [-0.3, -0.25) is 14.4 Å². The van der Waals surface area contributed by atoms with Gasteiger partial charge >= 0.3 is 12.3 Å². The molecule has 8 nitrogen and oxygen atoms in total. The Morgan fingerprint density at radius 1 is 1.14 bits per heavy atom. The fraction of sp³-hybridized carbons (Fsp3) is 0.440. The Morgan fingerprint density at radius 3 is 2.46 bits per heavy atom. The highest BCUT2D eigenvalue weighted by molar-refractivity contribution is 7.92. The summed E-state index contributed by atoms with van der Waals surface area (Å²) in [5, 5.41) is 5.68. The summed E-state index contributed by atoms with van der Waals surface area (Å²) >= 11 is 0. The van der Waals surface area contributed by atoms with Crippen molar-refractivity contribution in [1.82, 2.24) is 0 Å². The maximum absolute atomic E-state index is 13.6. The second kappa shape index (κ2) is 10.6. The molecule has 3 rings (SSSR count). The van der Waals surface area contributed by atoms with E-state index in [2.05, 4.69) is 10.6 Å². The quantitative estimate of drug-likeness (QED) is 0.459. The van der Waals surface area contributed by atoms with Crippen molar-refractivity contribution in [2.45, 2.75) is 69.7 Å². The fourth-order valence-electron chi connectivity index (χ4n) is 3.88. The largest absolute Gasteiger partial charge is 0.444 e. The molecule has 0 fully saturated rings. The molecule has 0 bridgehead atoms. The van der Waals surface area contributed by atoms with Gasteiger partial charge in [0, 0.05) is 18.5 Å². The molecule has 0 aromatic heterocycles. The van der Waals surface area contributed by atoms with Crippen LogP contribution in [0.1, 0.15) is 52.5 Å². The number of Topliss-reactive ketones (excluding diaryl/α,β-unsaturated/α-hetero) is 1. The molecule has 0 saturated carbocycles. The Balaban J connectivity index is 2.03. The van der Waals surface area contributed by atoms with Gasteiger partial charge in [0.25, 0.3) is 10.0 Å². The van der Waals surface area contributed by atoms with E-state index in [9.17, 15) is 31.2 Å². The van der Waals surface area contributed by atoms with Crippen molar-refractivity contribution in [2.24, 2.45) is 0 Å². The predicted molar refractivity (Wildman–Crippen MR) is 134 cm³/mol. The summed E-state index contributed by atoms with van der Waals surface area (Å²) in [6.45, 7) is 6.72. The highest BCUT2D eigenvalue weighted by atomic mass is 32.2. The summed E-state index contributed by atoms with van der Waals surface area (Å²) in [7, 11) is -4.48. The van der Waals surface area contributed by atoms with Crippen LogP contribution in [0.4, 0.5) is 35.0 Å². The molecule has 0 radical (unpaired) electrons. The second-order valence-corrected chi connectivity index (χ2v) is 11.6. The number of anilines is 3. The smallest absolute Gasteiger partial charge is 0.416 e. The molecule has 12 heteroatoms. The van der Waals surface area contributed by atoms with Crippen LogP contribution >= 0.6 is 0 Å². The summed E-state index contributed by atoms with van der Waals surface area (Å²) in [5.74, 6) is -0.0666. The van der Waals surface area contributed by atoms with Crippen molar-refractivity contribution in [3.63, 3.8) is 0 Å². The van der Waals surface area contributed by atoms with Gasteiger partial charge in [-0.15, -0.1) is 0 Å². The van der Waals surface area contributed by atoms with Crippen LogP contribution in [-0.2, 0) is 25.7 Å². The number of carbonyl (C=O) groups is 2. The van der Waals surface area contributed by atoms with E-state index in [4.69, 9.17) is 4.74 Å². The van der Waals surface area contributed by atoms with Gasteiger partial charge in [0.15, 0.2) is 0 Å². The standard InChI is InChI=1S/C25H30F3N3O5S/c1-5-7-19(32)13-18-15-31(37(34,35)20-9-6-8-16(12-20)25(26,27)28)22-14-17(10-11-21(22)29-18)30-23(33)36-24(2,3)4/h6,8-12,14,18,29H,5,7,13,15H2,1-4H3,(H,30,33)/t18-/m0/s1. The number of sulfonamides is 1. The van der Waals surface area contributed by atoms with Crippen molar-refractivity contribution >= 4 is 39.0 Å². The molecule has 1 aliphatic rings. The van der Waals surface area contributed by atoms with Gasteiger partial charge in [0.2, 0.25) is 0 Å². The van der Waals surface area contributed by atoms with E-state index < -0.39 is 44.4 Å². The van der Waals surface area contributed by atoms with E-state index in [1.165, 1.54) is 18.2 Å². The SMILES string of the molecule is CCCC(=O)C[C@H]1CN(S(=O)(=O)c2cccc(C(F)(F)F)c2)c2cc(NC(=O)OC(C)(C)C)ccc2N1. The second-order valence-electron chi connectivity index (χ2n) is 9.75. The first-order chi connectivity index (χ1) is 17.1. The maximum Gasteiger partial charge on any atom is 0.416 e. The number of benzene rings is 2. The van der Waals surface area contributed by atoms with E-state index in [-0.39, 0.29) is 30.1 Å². The average Bonchev–Trinajstić information content (AvgIpc) is 2.77. The van der Waals surface area contributed by atoms with Gasteiger partial charge in [-0.25, -0.2) is 13.2 Å². The minimum absolute atomic E-state index is 0.0415. The van der Waals surface area contributed by atoms with E-state index in [1.54, 1.807) is 20.8 Å². The normalized spacial score (nSPS) is 16.0. The highest BCUT2D eigenvalue weighted by Crippen LogP contribution is 2.39. The summed E-state index contributed by atoms with van der Waals surface area (Å²) in [6, 6.07) is 7.34. The first kappa shape index (κ1) is 28.3. The van der Waals surface area contributed by atoms with Crippen LogP contribution in [-0.4, -0.2) is 38.5 Å². The van der Waals surface area contributed by atoms with Crippen molar-refractivity contribution in [3.05, 3.63) is 48.0 Å². The summed E-state index contributed by atoms with van der Waals surface area (Å²) in [4.78, 5) is 24.0. The van der Waals surface area contributed by atoms with Gasteiger partial charge in [-0.2, -0.15) is 13.2 Å². The lowest BCUT2D eigenvalue weighted by Crippen LogP contribution is -2.45. The number of amides is 1. The Kier molecular flexibility index (Phi) is 8.11. The minimum Gasteiger partial charge on any atom is -0.444 e. The van der Waals surface area contributed by atoms with Crippen LogP contribution in [0.3, 0.4) is 0 Å². The Hall–Kier alpha value is -3.28. The monoisotopic (exact) mass is 541 g/mol. The zero-order chi connectivity index (χ0) is 27.6. The summed E-state index contributed by atoms with van der Waals surface area (Å²) in [6.07, 6.45) is -4.49. The number of halogens is 3. The van der Waals surface area contributed by atoms with E-state index in [0.29, 0.717) is 24.6 Å². The number of nitrogens with zero attached hydrogens (tertiary/aromatic N) is 1. The molecule has 1 atom stereocenters. The number of carbonyl (C=O) groups excluding carboxylic acids is 2. The van der Waals surface area contributed by atoms with Crippen LogP contribution in [0.5, 0.6) is 0 Å². The minimum atomic E-state index is -4.73. The van der Waals surface area contributed by atoms with E-state index in [1.807, 2.05) is 6.92 Å². The molecule has 0 spiro atoms. The van der Waals surface area contributed by atoms with Crippen LogP contribution in [0.25, 0.3) is 0 Å². The zero-order valence-electron chi connectivity index (χ0n) is 21.0. The lowest BCUT2D eigenvalue weighted by molar-refractivity contribution is -0.137. The van der Waals surface area contributed by atoms with Gasteiger partial charge in [-0.05, 0) is 63.6 Å². The molecule has 0 saturated heterocycles. The molecule has 37 heavy (non-hydrogen) atoms. The summed E-state index contributed by atoms with van der Waals surface area (Å²) in [5.41, 5.74) is -1.17. The first-order valence-electron chi connectivity index (χ1n) is 11.7. The van der Waals surface area contributed by atoms with Crippen LogP contribution in [0.2, 0.25) is 0 Å². The first-order valence-corrected chi connectivity index (χ1v) is 13.2. The van der Waals surface area contributed by atoms with Gasteiger partial charge in [-0.1, -0.05) is 13.0 Å². The third-order valence-corrected chi connectivity index (χ3v) is 7.19. The Bertz CT molecular complexity index is 1270. The topological polar surface area (TPSA) is 105 Å². The average molecular weight is 542 g/mol. The third kappa shape index (κ3) is 7.15. The third-order valence-electron chi connectivity index (χ3n) is 5.41. The number of ketones is 1. The fourth-order valence-corrected chi connectivity index (χ4v) is 5.45. The van der Waals surface area contributed by atoms with E-state index >= 15 is 0 Å². The number of ether oxygens (including phenoxy) is 1. The molecule has 202 valence electrons. The molecule has 0 aliphatic carbocycles. The van der Waals surface area contributed by atoms with Gasteiger partial charge in [0.05, 0.1) is 34.4 Å². The number of hydrogen-bond acceptors (Lipinski definition) is 6. The van der Waals surface area contributed by atoms with Crippen molar-refractivity contribution in [2.75, 3.05) is 21.5 Å². The number of rotatable bonds is 7. The number of hydrogen-bond donors (Lipinski definition) is 2. The Morgan fingerprint density at radius 2 is 1.84 bits per heavy atom.